The number of rotatable bonds is 4. The molecule has 2 saturated heterocycles. The highest BCUT2D eigenvalue weighted by Crippen LogP contribution is 2.36. The van der Waals surface area contributed by atoms with Gasteiger partial charge in [-0.2, -0.15) is 0 Å². The van der Waals surface area contributed by atoms with E-state index >= 15 is 0 Å². The van der Waals surface area contributed by atoms with Crippen LogP contribution in [-0.2, 0) is 14.2 Å². The van der Waals surface area contributed by atoms with Crippen LogP contribution in [0.25, 0.3) is 0 Å². The average Bonchev–Trinajstić information content (AvgIpc) is 2.02. The summed E-state index contributed by atoms with van der Waals surface area (Å²) in [6, 6.07) is 0. The molecule has 0 unspecified atom stereocenters. The van der Waals surface area contributed by atoms with Gasteiger partial charge in [0.05, 0.1) is 26.4 Å². The molecule has 0 aromatic heterocycles. The smallest absolute Gasteiger partial charge is 0.115 e. The van der Waals surface area contributed by atoms with E-state index in [1.165, 1.54) is 0 Å². The lowest BCUT2D eigenvalue weighted by Gasteiger charge is -2.51. The minimum absolute atomic E-state index is 0.000208. The topological polar surface area (TPSA) is 27.7 Å². The first-order valence-corrected chi connectivity index (χ1v) is 5.10. The summed E-state index contributed by atoms with van der Waals surface area (Å²) in [5, 5.41) is 0. The summed E-state index contributed by atoms with van der Waals surface area (Å²) in [5.41, 5.74) is -0.000417. The fourth-order valence-corrected chi connectivity index (χ4v) is 1.79. The Morgan fingerprint density at radius 3 is 1.46 bits per heavy atom. The van der Waals surface area contributed by atoms with Gasteiger partial charge in [-0.25, -0.2) is 0 Å². The van der Waals surface area contributed by atoms with Gasteiger partial charge in [0.15, 0.2) is 0 Å². The Hall–Kier alpha value is -0.120. The summed E-state index contributed by atoms with van der Waals surface area (Å²) in [4.78, 5) is 0. The van der Waals surface area contributed by atoms with Crippen molar-refractivity contribution in [2.45, 2.75) is 37.9 Å². The number of hydrogen-bond acceptors (Lipinski definition) is 3. The summed E-state index contributed by atoms with van der Waals surface area (Å²) in [6.07, 6.45) is 2.07. The van der Waals surface area contributed by atoms with E-state index in [4.69, 9.17) is 14.2 Å². The molecule has 3 heteroatoms. The zero-order valence-electron chi connectivity index (χ0n) is 8.47. The van der Waals surface area contributed by atoms with Crippen molar-refractivity contribution >= 4 is 0 Å². The molecule has 0 N–H and O–H groups in total. The van der Waals surface area contributed by atoms with Gasteiger partial charge >= 0.3 is 0 Å². The maximum atomic E-state index is 6.15. The van der Waals surface area contributed by atoms with Crippen LogP contribution in [0.1, 0.15) is 26.7 Å². The van der Waals surface area contributed by atoms with Crippen molar-refractivity contribution in [2.24, 2.45) is 0 Å². The monoisotopic (exact) mass is 186 g/mol. The minimum Gasteiger partial charge on any atom is -0.375 e. The number of hydrogen-bond donors (Lipinski definition) is 0. The lowest BCUT2D eigenvalue weighted by Crippen LogP contribution is -2.62. The Morgan fingerprint density at radius 1 is 0.923 bits per heavy atom. The zero-order valence-corrected chi connectivity index (χ0v) is 8.47. The van der Waals surface area contributed by atoms with E-state index in [1.807, 2.05) is 0 Å². The van der Waals surface area contributed by atoms with Crippen LogP contribution in [-0.4, -0.2) is 37.6 Å². The van der Waals surface area contributed by atoms with Crippen LogP contribution >= 0.6 is 0 Å². The van der Waals surface area contributed by atoms with Crippen molar-refractivity contribution in [2.75, 3.05) is 26.4 Å². The number of ether oxygens (including phenoxy) is 3. The quantitative estimate of drug-likeness (QED) is 0.663. The average molecular weight is 186 g/mol. The Kier molecular flexibility index (Phi) is 2.34. The van der Waals surface area contributed by atoms with Crippen LogP contribution in [0, 0.1) is 0 Å². The molecule has 0 radical (unpaired) electrons. The van der Waals surface area contributed by atoms with E-state index in [2.05, 4.69) is 13.8 Å². The highest BCUT2D eigenvalue weighted by Gasteiger charge is 2.48. The normalized spacial score (nSPS) is 29.1. The molecular formula is C10H18O3. The van der Waals surface area contributed by atoms with E-state index in [9.17, 15) is 0 Å². The Labute approximate surface area is 79.4 Å². The summed E-state index contributed by atoms with van der Waals surface area (Å²) in [7, 11) is 0. The molecule has 0 spiro atoms. The van der Waals surface area contributed by atoms with Gasteiger partial charge < -0.3 is 14.2 Å². The van der Waals surface area contributed by atoms with Crippen molar-refractivity contribution in [3.63, 3.8) is 0 Å². The molecule has 0 aromatic carbocycles. The Balaban J connectivity index is 1.94. The van der Waals surface area contributed by atoms with E-state index in [0.29, 0.717) is 0 Å². The van der Waals surface area contributed by atoms with E-state index < -0.39 is 0 Å². The molecule has 0 saturated carbocycles. The highest BCUT2D eigenvalue weighted by atomic mass is 16.6. The summed E-state index contributed by atoms with van der Waals surface area (Å²) in [6.45, 7) is 7.34. The maximum Gasteiger partial charge on any atom is 0.115 e. The summed E-state index contributed by atoms with van der Waals surface area (Å²) < 4.78 is 16.6. The molecular weight excluding hydrogens is 168 g/mol. The molecule has 2 rings (SSSR count). The van der Waals surface area contributed by atoms with Crippen LogP contribution in [0.5, 0.6) is 0 Å². The summed E-state index contributed by atoms with van der Waals surface area (Å²) in [5.74, 6) is 0. The molecule has 2 aliphatic rings. The highest BCUT2D eigenvalue weighted by molar-refractivity contribution is 4.95. The molecule has 2 fully saturated rings. The van der Waals surface area contributed by atoms with Gasteiger partial charge in [-0.3, -0.25) is 0 Å². The molecule has 0 aliphatic carbocycles. The third-order valence-electron chi connectivity index (χ3n) is 3.18. The SMILES string of the molecule is CCC1(OC2(CC)COC2)COC1. The van der Waals surface area contributed by atoms with Gasteiger partial charge in [-0.15, -0.1) is 0 Å². The predicted octanol–water partition coefficient (Wildman–Crippen LogP) is 1.36. The fraction of sp³-hybridized carbons (Fsp3) is 1.00. The third kappa shape index (κ3) is 1.49. The summed E-state index contributed by atoms with van der Waals surface area (Å²) >= 11 is 0. The molecule has 0 atom stereocenters. The molecule has 0 bridgehead atoms. The second kappa shape index (κ2) is 3.23. The zero-order chi connectivity index (χ0) is 9.36. The van der Waals surface area contributed by atoms with Gasteiger partial charge in [-0.05, 0) is 12.8 Å². The predicted molar refractivity (Wildman–Crippen MR) is 48.8 cm³/mol. The molecule has 3 nitrogen and oxygen atoms in total. The van der Waals surface area contributed by atoms with Crippen LogP contribution in [0.3, 0.4) is 0 Å². The lowest BCUT2D eigenvalue weighted by atomic mass is 9.92. The molecule has 0 aromatic rings. The van der Waals surface area contributed by atoms with Gasteiger partial charge in [0.2, 0.25) is 0 Å². The fourth-order valence-electron chi connectivity index (χ4n) is 1.79. The van der Waals surface area contributed by atoms with Gasteiger partial charge in [-0.1, -0.05) is 13.8 Å². The molecule has 76 valence electrons. The van der Waals surface area contributed by atoms with Crippen molar-refractivity contribution in [1.82, 2.24) is 0 Å². The van der Waals surface area contributed by atoms with Crippen LogP contribution in [0.15, 0.2) is 0 Å². The van der Waals surface area contributed by atoms with Gasteiger partial charge in [0.1, 0.15) is 11.2 Å². The van der Waals surface area contributed by atoms with E-state index in [-0.39, 0.29) is 11.2 Å². The first kappa shape index (κ1) is 9.44. The first-order valence-electron chi connectivity index (χ1n) is 5.10. The van der Waals surface area contributed by atoms with Gasteiger partial charge in [0, 0.05) is 0 Å². The first-order chi connectivity index (χ1) is 6.24. The van der Waals surface area contributed by atoms with Crippen LogP contribution in [0.2, 0.25) is 0 Å². The van der Waals surface area contributed by atoms with E-state index in [1.54, 1.807) is 0 Å². The molecule has 2 heterocycles. The third-order valence-corrected chi connectivity index (χ3v) is 3.18. The second-order valence-electron chi connectivity index (χ2n) is 4.16. The lowest BCUT2D eigenvalue weighted by molar-refractivity contribution is -0.316. The standard InChI is InChI=1S/C10H18O3/c1-3-9(5-11-6-9)13-10(4-2)7-12-8-10/h3-8H2,1-2H3. The van der Waals surface area contributed by atoms with Crippen molar-refractivity contribution in [1.29, 1.82) is 0 Å². The van der Waals surface area contributed by atoms with Crippen LogP contribution in [0.4, 0.5) is 0 Å². The molecule has 0 amide bonds. The Bertz CT molecular complexity index is 152. The maximum absolute atomic E-state index is 6.15. The van der Waals surface area contributed by atoms with Crippen molar-refractivity contribution < 1.29 is 14.2 Å². The van der Waals surface area contributed by atoms with E-state index in [0.717, 1.165) is 39.3 Å². The van der Waals surface area contributed by atoms with Crippen molar-refractivity contribution in [3.8, 4) is 0 Å². The van der Waals surface area contributed by atoms with Crippen molar-refractivity contribution in [3.05, 3.63) is 0 Å². The van der Waals surface area contributed by atoms with Crippen LogP contribution < -0.4 is 0 Å². The minimum atomic E-state index is -0.000208. The largest absolute Gasteiger partial charge is 0.375 e. The Morgan fingerprint density at radius 2 is 1.31 bits per heavy atom. The molecule has 2 aliphatic heterocycles. The second-order valence-corrected chi connectivity index (χ2v) is 4.16. The van der Waals surface area contributed by atoms with Gasteiger partial charge in [0.25, 0.3) is 0 Å². The molecule has 13 heavy (non-hydrogen) atoms.